The molecular weight excluding hydrogens is 376 g/mol. The fourth-order valence-corrected chi connectivity index (χ4v) is 3.08. The lowest BCUT2D eigenvalue weighted by atomic mass is 9.96. The molecule has 5 nitrogen and oxygen atoms in total. The van der Waals surface area contributed by atoms with Crippen molar-refractivity contribution in [2.75, 3.05) is 13.7 Å². The molecule has 0 aliphatic carbocycles. The van der Waals surface area contributed by atoms with E-state index in [1.807, 2.05) is 37.3 Å². The van der Waals surface area contributed by atoms with Gasteiger partial charge in [0.05, 0.1) is 17.2 Å². The first-order valence-corrected chi connectivity index (χ1v) is 9.54. The maximum Gasteiger partial charge on any atom is 0.339 e. The lowest BCUT2D eigenvalue weighted by molar-refractivity contribution is -0.133. The molecule has 3 aromatic rings. The van der Waals surface area contributed by atoms with E-state index in [-0.39, 0.29) is 12.5 Å². The van der Waals surface area contributed by atoms with Gasteiger partial charge in [0.25, 0.3) is 5.91 Å². The van der Waals surface area contributed by atoms with Gasteiger partial charge in [-0.2, -0.15) is 5.26 Å². The molecule has 1 amide bonds. The third kappa shape index (κ3) is 4.92. The minimum Gasteiger partial charge on any atom is -0.452 e. The van der Waals surface area contributed by atoms with Gasteiger partial charge in [0.2, 0.25) is 0 Å². The average Bonchev–Trinajstić information content (AvgIpc) is 2.78. The summed E-state index contributed by atoms with van der Waals surface area (Å²) in [5.41, 5.74) is 4.18. The predicted octanol–water partition coefficient (Wildman–Crippen LogP) is 4.35. The molecule has 0 aromatic heterocycles. The molecule has 0 atom stereocenters. The molecule has 150 valence electrons. The zero-order valence-electron chi connectivity index (χ0n) is 17.0. The molecular formula is C25H22N2O3. The van der Waals surface area contributed by atoms with Crippen LogP contribution >= 0.6 is 0 Å². The van der Waals surface area contributed by atoms with Crippen LogP contribution in [0.1, 0.15) is 27.0 Å². The van der Waals surface area contributed by atoms with Crippen molar-refractivity contribution in [1.29, 1.82) is 5.26 Å². The zero-order valence-corrected chi connectivity index (χ0v) is 17.0. The molecule has 0 saturated heterocycles. The van der Waals surface area contributed by atoms with E-state index in [2.05, 4.69) is 6.07 Å². The van der Waals surface area contributed by atoms with Crippen LogP contribution in [0.2, 0.25) is 0 Å². The van der Waals surface area contributed by atoms with Crippen LogP contribution in [0.4, 0.5) is 0 Å². The molecule has 0 heterocycles. The summed E-state index contributed by atoms with van der Waals surface area (Å²) in [7, 11) is 1.67. The monoisotopic (exact) mass is 398 g/mol. The lowest BCUT2D eigenvalue weighted by Crippen LogP contribution is -2.30. The van der Waals surface area contributed by atoms with E-state index >= 15 is 0 Å². The summed E-state index contributed by atoms with van der Waals surface area (Å²) in [6.07, 6.45) is 0. The van der Waals surface area contributed by atoms with Crippen LogP contribution in [-0.4, -0.2) is 30.4 Å². The Hall–Kier alpha value is -3.91. The van der Waals surface area contributed by atoms with Crippen LogP contribution in [0.25, 0.3) is 11.1 Å². The number of hydrogen-bond acceptors (Lipinski definition) is 4. The molecule has 0 spiro atoms. The second-order valence-electron chi connectivity index (χ2n) is 7.01. The van der Waals surface area contributed by atoms with Crippen molar-refractivity contribution in [3.05, 3.63) is 95.1 Å². The Morgan fingerprint density at radius 3 is 2.27 bits per heavy atom. The Balaban J connectivity index is 1.69. The highest BCUT2D eigenvalue weighted by Crippen LogP contribution is 2.27. The Morgan fingerprint density at radius 2 is 1.57 bits per heavy atom. The number of carbonyl (C=O) groups excluding carboxylic acids is 2. The van der Waals surface area contributed by atoms with Crippen molar-refractivity contribution < 1.29 is 14.3 Å². The van der Waals surface area contributed by atoms with E-state index in [0.717, 1.165) is 11.1 Å². The number of benzene rings is 3. The topological polar surface area (TPSA) is 70.4 Å². The summed E-state index contributed by atoms with van der Waals surface area (Å²) < 4.78 is 5.29. The normalized spacial score (nSPS) is 10.2. The van der Waals surface area contributed by atoms with Gasteiger partial charge in [-0.25, -0.2) is 4.79 Å². The van der Waals surface area contributed by atoms with E-state index in [9.17, 15) is 14.9 Å². The Morgan fingerprint density at radius 1 is 0.933 bits per heavy atom. The van der Waals surface area contributed by atoms with Gasteiger partial charge in [0.1, 0.15) is 0 Å². The molecule has 0 fully saturated rings. The first-order chi connectivity index (χ1) is 14.5. The largest absolute Gasteiger partial charge is 0.452 e. The number of carbonyl (C=O) groups is 2. The van der Waals surface area contributed by atoms with Crippen LogP contribution in [-0.2, 0) is 16.1 Å². The van der Waals surface area contributed by atoms with Crippen LogP contribution in [0, 0.1) is 18.3 Å². The fraction of sp³-hybridized carbons (Fsp3) is 0.160. The highest BCUT2D eigenvalue weighted by atomic mass is 16.5. The number of amides is 1. The number of ether oxygens (including phenoxy) is 1. The molecule has 0 aliphatic heterocycles. The highest BCUT2D eigenvalue weighted by molar-refractivity contribution is 5.98. The smallest absolute Gasteiger partial charge is 0.339 e. The number of nitriles is 1. The molecule has 0 aliphatic rings. The second kappa shape index (κ2) is 9.53. The lowest BCUT2D eigenvalue weighted by Gasteiger charge is -2.18. The summed E-state index contributed by atoms with van der Waals surface area (Å²) in [4.78, 5) is 26.6. The Labute approximate surface area is 176 Å². The molecule has 0 N–H and O–H groups in total. The molecule has 5 heteroatoms. The minimum absolute atomic E-state index is 0.293. The van der Waals surface area contributed by atoms with E-state index in [4.69, 9.17) is 4.74 Å². The number of aryl methyl sites for hydroxylation is 1. The Kier molecular flexibility index (Phi) is 6.61. The van der Waals surface area contributed by atoms with E-state index in [1.165, 1.54) is 4.90 Å². The zero-order chi connectivity index (χ0) is 21.5. The third-order valence-electron chi connectivity index (χ3n) is 4.78. The van der Waals surface area contributed by atoms with Crippen molar-refractivity contribution >= 4 is 11.9 Å². The minimum atomic E-state index is -0.601. The SMILES string of the molecule is Cc1ccc(CN(C)C(=O)COC(=O)c2ccccc2-c2ccccc2C#N)cc1. The fourth-order valence-electron chi connectivity index (χ4n) is 3.08. The predicted molar refractivity (Wildman–Crippen MR) is 115 cm³/mol. The number of hydrogen-bond donors (Lipinski definition) is 0. The molecule has 0 radical (unpaired) electrons. The summed E-state index contributed by atoms with van der Waals surface area (Å²) in [5, 5.41) is 9.37. The molecule has 0 saturated carbocycles. The first-order valence-electron chi connectivity index (χ1n) is 9.54. The average molecular weight is 398 g/mol. The maximum atomic E-state index is 12.7. The summed E-state index contributed by atoms with van der Waals surface area (Å²) in [5.74, 6) is -0.894. The third-order valence-corrected chi connectivity index (χ3v) is 4.78. The summed E-state index contributed by atoms with van der Waals surface area (Å²) in [6, 6.07) is 24.0. The van der Waals surface area contributed by atoms with Gasteiger partial charge in [-0.1, -0.05) is 66.2 Å². The van der Waals surface area contributed by atoms with Gasteiger partial charge < -0.3 is 9.64 Å². The molecule has 30 heavy (non-hydrogen) atoms. The molecule has 3 aromatic carbocycles. The van der Waals surface area contributed by atoms with E-state index in [0.29, 0.717) is 28.8 Å². The van der Waals surface area contributed by atoms with Crippen molar-refractivity contribution in [3.8, 4) is 17.2 Å². The van der Waals surface area contributed by atoms with Crippen molar-refractivity contribution in [2.45, 2.75) is 13.5 Å². The van der Waals surface area contributed by atoms with Crippen LogP contribution < -0.4 is 0 Å². The van der Waals surface area contributed by atoms with Crippen LogP contribution in [0.3, 0.4) is 0 Å². The quantitative estimate of drug-likeness (QED) is 0.579. The summed E-state index contributed by atoms with van der Waals surface area (Å²) in [6.45, 7) is 2.09. The van der Waals surface area contributed by atoms with Gasteiger partial charge in [0, 0.05) is 19.2 Å². The standard InChI is InChI=1S/C25H22N2O3/c1-18-11-13-19(14-12-18)16-27(2)24(28)17-30-25(29)23-10-6-5-9-22(23)21-8-4-3-7-20(21)15-26/h3-14H,16-17H2,1-2H3. The highest BCUT2D eigenvalue weighted by Gasteiger charge is 2.18. The second-order valence-corrected chi connectivity index (χ2v) is 7.01. The van der Waals surface area contributed by atoms with Crippen LogP contribution in [0.15, 0.2) is 72.8 Å². The number of likely N-dealkylation sites (N-methyl/N-ethyl adjacent to an activating group) is 1. The van der Waals surface area contributed by atoms with Gasteiger partial charge in [-0.05, 0) is 30.2 Å². The molecule has 0 unspecified atom stereocenters. The van der Waals surface area contributed by atoms with Crippen molar-refractivity contribution in [3.63, 3.8) is 0 Å². The van der Waals surface area contributed by atoms with Crippen LogP contribution in [0.5, 0.6) is 0 Å². The number of rotatable bonds is 6. The molecule has 0 bridgehead atoms. The van der Waals surface area contributed by atoms with E-state index in [1.54, 1.807) is 49.5 Å². The summed E-state index contributed by atoms with van der Waals surface area (Å²) >= 11 is 0. The van der Waals surface area contributed by atoms with Gasteiger partial charge >= 0.3 is 5.97 Å². The maximum absolute atomic E-state index is 12.7. The van der Waals surface area contributed by atoms with Gasteiger partial charge in [-0.15, -0.1) is 0 Å². The van der Waals surface area contributed by atoms with Crippen molar-refractivity contribution in [1.82, 2.24) is 4.90 Å². The van der Waals surface area contributed by atoms with Gasteiger partial charge in [-0.3, -0.25) is 4.79 Å². The van der Waals surface area contributed by atoms with Gasteiger partial charge in [0.15, 0.2) is 6.61 Å². The first kappa shape index (κ1) is 20.8. The number of esters is 1. The molecule has 3 rings (SSSR count). The van der Waals surface area contributed by atoms with Crippen molar-refractivity contribution in [2.24, 2.45) is 0 Å². The van der Waals surface area contributed by atoms with E-state index < -0.39 is 5.97 Å². The Bertz CT molecular complexity index is 1100. The number of nitrogens with zero attached hydrogens (tertiary/aromatic N) is 2.